The third-order valence-electron chi connectivity index (χ3n) is 4.24. The largest absolute Gasteiger partial charge is 0.465 e. The number of ether oxygens (including phenoxy) is 1. The first kappa shape index (κ1) is 21.5. The molecule has 0 bridgehead atoms. The predicted molar refractivity (Wildman–Crippen MR) is 108 cm³/mol. The minimum absolute atomic E-state index is 0.170. The van der Waals surface area contributed by atoms with Crippen molar-refractivity contribution in [2.45, 2.75) is 32.8 Å². The smallest absolute Gasteiger partial charge is 0.337 e. The lowest BCUT2D eigenvalue weighted by molar-refractivity contribution is 0.0428. The van der Waals surface area contributed by atoms with Crippen LogP contribution >= 0.6 is 0 Å². The molecule has 1 atom stereocenters. The monoisotopic (exact) mass is 387 g/mol. The first-order chi connectivity index (χ1) is 13.4. The van der Waals surface area contributed by atoms with Gasteiger partial charge in [-0.2, -0.15) is 0 Å². The Morgan fingerprint density at radius 2 is 1.93 bits per heavy atom. The van der Waals surface area contributed by atoms with E-state index in [1.165, 1.54) is 7.11 Å². The van der Waals surface area contributed by atoms with Crippen molar-refractivity contribution < 1.29 is 19.1 Å². The van der Waals surface area contributed by atoms with Gasteiger partial charge in [-0.1, -0.05) is 12.1 Å². The van der Waals surface area contributed by atoms with Crippen LogP contribution in [0.4, 0.5) is 0 Å². The Labute approximate surface area is 165 Å². The van der Waals surface area contributed by atoms with Gasteiger partial charge in [-0.3, -0.25) is 0 Å². The van der Waals surface area contributed by atoms with Gasteiger partial charge >= 0.3 is 5.97 Å². The van der Waals surface area contributed by atoms with Crippen molar-refractivity contribution >= 4 is 11.9 Å². The fourth-order valence-electron chi connectivity index (χ4n) is 2.63. The standard InChI is InChI=1S/C21H29N3O4/c1-5-22-20(24-14-21(3,26)18-11-6-15(2)28-18)23-13-12-16-7-9-17(10-8-16)19(25)27-4/h6-11,26H,5,12-14H2,1-4H3,(H2,22,23,24). The van der Waals surface area contributed by atoms with E-state index in [9.17, 15) is 9.90 Å². The van der Waals surface area contributed by atoms with Crippen molar-refractivity contribution in [2.24, 2.45) is 4.99 Å². The zero-order chi connectivity index (χ0) is 20.6. The number of hydrogen-bond acceptors (Lipinski definition) is 5. The lowest BCUT2D eigenvalue weighted by Gasteiger charge is -2.19. The highest BCUT2D eigenvalue weighted by atomic mass is 16.5. The molecule has 0 saturated carbocycles. The first-order valence-corrected chi connectivity index (χ1v) is 9.34. The zero-order valence-corrected chi connectivity index (χ0v) is 16.9. The second-order valence-corrected chi connectivity index (χ2v) is 6.74. The van der Waals surface area contributed by atoms with Gasteiger partial charge in [0.15, 0.2) is 5.96 Å². The number of rotatable bonds is 8. The molecule has 1 aromatic carbocycles. The molecule has 0 spiro atoms. The van der Waals surface area contributed by atoms with E-state index in [0.717, 1.165) is 17.7 Å². The summed E-state index contributed by atoms with van der Waals surface area (Å²) in [5.41, 5.74) is 0.443. The third kappa shape index (κ3) is 6.13. The van der Waals surface area contributed by atoms with Gasteiger partial charge in [0.1, 0.15) is 17.1 Å². The molecule has 1 aromatic heterocycles. The third-order valence-corrected chi connectivity index (χ3v) is 4.24. The van der Waals surface area contributed by atoms with Crippen LogP contribution in [0.2, 0.25) is 0 Å². The maximum absolute atomic E-state index is 11.5. The molecule has 7 nitrogen and oxygen atoms in total. The van der Waals surface area contributed by atoms with Gasteiger partial charge in [-0.25, -0.2) is 9.79 Å². The van der Waals surface area contributed by atoms with Crippen LogP contribution in [0.3, 0.4) is 0 Å². The van der Waals surface area contributed by atoms with Gasteiger partial charge in [0.25, 0.3) is 0 Å². The molecule has 0 aliphatic carbocycles. The lowest BCUT2D eigenvalue weighted by Crippen LogP contribution is -2.39. The number of carbonyl (C=O) groups is 1. The van der Waals surface area contributed by atoms with Gasteiger partial charge in [-0.05, 0) is 57.0 Å². The zero-order valence-electron chi connectivity index (χ0n) is 16.9. The SMILES string of the molecule is CCNC(=NCC(C)(O)c1ccc(C)o1)NCCc1ccc(C(=O)OC)cc1. The van der Waals surface area contributed by atoms with E-state index in [0.29, 0.717) is 30.4 Å². The quantitative estimate of drug-likeness (QED) is 0.366. The number of methoxy groups -OCH3 is 1. The fraction of sp³-hybridized carbons (Fsp3) is 0.429. The van der Waals surface area contributed by atoms with Crippen molar-refractivity contribution in [1.29, 1.82) is 0 Å². The Kier molecular flexibility index (Phi) is 7.63. The molecule has 2 rings (SSSR count). The Balaban J connectivity index is 1.91. The summed E-state index contributed by atoms with van der Waals surface area (Å²) in [6.45, 7) is 7.04. The molecule has 0 amide bonds. The van der Waals surface area contributed by atoms with E-state index in [1.807, 2.05) is 32.0 Å². The normalized spacial score (nSPS) is 13.7. The maximum atomic E-state index is 11.5. The molecular formula is C21H29N3O4. The second kappa shape index (κ2) is 9.94. The summed E-state index contributed by atoms with van der Waals surface area (Å²) < 4.78 is 10.2. The molecule has 0 saturated heterocycles. The predicted octanol–water partition coefficient (Wildman–Crippen LogP) is 2.38. The second-order valence-electron chi connectivity index (χ2n) is 6.74. The molecule has 0 aliphatic heterocycles. The molecule has 1 heterocycles. The highest BCUT2D eigenvalue weighted by molar-refractivity contribution is 5.89. The summed E-state index contributed by atoms with van der Waals surface area (Å²) in [5.74, 6) is 1.53. The van der Waals surface area contributed by atoms with Gasteiger partial charge in [-0.15, -0.1) is 0 Å². The molecule has 7 heteroatoms. The van der Waals surface area contributed by atoms with E-state index >= 15 is 0 Å². The molecule has 1 unspecified atom stereocenters. The summed E-state index contributed by atoms with van der Waals surface area (Å²) in [5, 5.41) is 17.0. The number of aliphatic imine (C=N–C) groups is 1. The van der Waals surface area contributed by atoms with E-state index in [1.54, 1.807) is 25.1 Å². The number of aryl methyl sites for hydroxylation is 1. The number of aliphatic hydroxyl groups is 1. The van der Waals surface area contributed by atoms with Crippen LogP contribution in [0.25, 0.3) is 0 Å². The molecule has 2 aromatic rings. The highest BCUT2D eigenvalue weighted by Gasteiger charge is 2.26. The van der Waals surface area contributed by atoms with Crippen molar-refractivity contribution in [2.75, 3.05) is 26.7 Å². The molecule has 0 fully saturated rings. The molecule has 152 valence electrons. The Morgan fingerprint density at radius 1 is 1.21 bits per heavy atom. The Morgan fingerprint density at radius 3 is 2.50 bits per heavy atom. The van der Waals surface area contributed by atoms with Crippen LogP contribution in [0.15, 0.2) is 45.8 Å². The van der Waals surface area contributed by atoms with Gasteiger partial charge in [0.05, 0.1) is 19.2 Å². The van der Waals surface area contributed by atoms with Crippen LogP contribution in [0, 0.1) is 6.92 Å². The number of esters is 1. The van der Waals surface area contributed by atoms with E-state index in [4.69, 9.17) is 9.15 Å². The minimum Gasteiger partial charge on any atom is -0.465 e. The molecular weight excluding hydrogens is 358 g/mol. The van der Waals surface area contributed by atoms with Gasteiger partial charge in [0.2, 0.25) is 0 Å². The topological polar surface area (TPSA) is 96.1 Å². The number of nitrogens with zero attached hydrogens (tertiary/aromatic N) is 1. The van der Waals surface area contributed by atoms with E-state index < -0.39 is 5.60 Å². The van der Waals surface area contributed by atoms with E-state index in [2.05, 4.69) is 15.6 Å². The minimum atomic E-state index is -1.18. The molecule has 3 N–H and O–H groups in total. The molecule has 28 heavy (non-hydrogen) atoms. The van der Waals surface area contributed by atoms with E-state index in [-0.39, 0.29) is 12.5 Å². The summed E-state index contributed by atoms with van der Waals surface area (Å²) in [6, 6.07) is 10.9. The van der Waals surface area contributed by atoms with Crippen LogP contribution < -0.4 is 10.6 Å². The number of guanidine groups is 1. The number of furan rings is 1. The average molecular weight is 387 g/mol. The van der Waals surface area contributed by atoms with Crippen molar-refractivity contribution in [3.05, 3.63) is 59.0 Å². The number of hydrogen-bond donors (Lipinski definition) is 3. The highest BCUT2D eigenvalue weighted by Crippen LogP contribution is 2.23. The first-order valence-electron chi connectivity index (χ1n) is 9.34. The maximum Gasteiger partial charge on any atom is 0.337 e. The van der Waals surface area contributed by atoms with Crippen LogP contribution in [0.5, 0.6) is 0 Å². The number of nitrogens with one attached hydrogen (secondary N) is 2. The Hall–Kier alpha value is -2.80. The van der Waals surface area contributed by atoms with Crippen molar-refractivity contribution in [3.8, 4) is 0 Å². The van der Waals surface area contributed by atoms with Crippen molar-refractivity contribution in [3.63, 3.8) is 0 Å². The van der Waals surface area contributed by atoms with Crippen molar-refractivity contribution in [1.82, 2.24) is 10.6 Å². The van der Waals surface area contributed by atoms with Crippen LogP contribution in [0.1, 0.15) is 41.3 Å². The van der Waals surface area contributed by atoms with Gasteiger partial charge < -0.3 is 24.9 Å². The summed E-state index contributed by atoms with van der Waals surface area (Å²) in [6.07, 6.45) is 0.764. The Bertz CT molecular complexity index is 794. The number of carbonyl (C=O) groups excluding carboxylic acids is 1. The summed E-state index contributed by atoms with van der Waals surface area (Å²) >= 11 is 0. The fourth-order valence-corrected chi connectivity index (χ4v) is 2.63. The van der Waals surface area contributed by atoms with Crippen LogP contribution in [-0.2, 0) is 16.8 Å². The summed E-state index contributed by atoms with van der Waals surface area (Å²) in [4.78, 5) is 15.9. The molecule has 0 radical (unpaired) electrons. The van der Waals surface area contributed by atoms with Crippen LogP contribution in [-0.4, -0.2) is 43.8 Å². The van der Waals surface area contributed by atoms with Gasteiger partial charge in [0, 0.05) is 13.1 Å². The molecule has 0 aliphatic rings. The number of benzene rings is 1. The summed E-state index contributed by atoms with van der Waals surface area (Å²) in [7, 11) is 1.37. The lowest BCUT2D eigenvalue weighted by atomic mass is 10.0. The average Bonchev–Trinajstić information content (AvgIpc) is 3.13.